The van der Waals surface area contributed by atoms with E-state index in [4.69, 9.17) is 5.73 Å². The van der Waals surface area contributed by atoms with Crippen LogP contribution in [0.5, 0.6) is 0 Å². The number of hydrogen-bond donors (Lipinski definition) is 1. The third-order valence-corrected chi connectivity index (χ3v) is 6.04. The van der Waals surface area contributed by atoms with E-state index < -0.39 is 10.0 Å². The van der Waals surface area contributed by atoms with Gasteiger partial charge >= 0.3 is 0 Å². The Kier molecular flexibility index (Phi) is 5.20. The number of anilines is 2. The molecule has 5 nitrogen and oxygen atoms in total. The van der Waals surface area contributed by atoms with Crippen LogP contribution in [0.1, 0.15) is 5.56 Å². The number of rotatable bonds is 3. The number of fused-ring (bicyclic) bond motifs is 1. The molecule has 3 rings (SSSR count). The summed E-state index contributed by atoms with van der Waals surface area (Å²) in [4.78, 5) is 2.13. The minimum absolute atomic E-state index is 0.120. The summed E-state index contributed by atoms with van der Waals surface area (Å²) in [5.41, 5.74) is 9.16. The lowest BCUT2D eigenvalue weighted by atomic mass is 10.1. The van der Waals surface area contributed by atoms with Crippen LogP contribution in [-0.4, -0.2) is 26.8 Å². The third kappa shape index (κ3) is 3.84. The van der Waals surface area contributed by atoms with Crippen LogP contribution in [0.15, 0.2) is 75.7 Å². The molecule has 1 heterocycles. The summed E-state index contributed by atoms with van der Waals surface area (Å²) < 4.78 is 29.0. The first-order valence-electron chi connectivity index (χ1n) is 7.88. The van der Waals surface area contributed by atoms with Gasteiger partial charge < -0.3 is 10.6 Å². The number of para-hydroxylation sites is 1. The number of benzene rings is 2. The highest BCUT2D eigenvalue weighted by Gasteiger charge is 2.16. The number of hydrogen-bond acceptors (Lipinski definition) is 5. The van der Waals surface area contributed by atoms with Gasteiger partial charge in [-0.3, -0.25) is 0 Å². The number of nitrogens with zero attached hydrogens (tertiary/aromatic N) is 2. The fourth-order valence-electron chi connectivity index (χ4n) is 2.56. The van der Waals surface area contributed by atoms with E-state index in [0.29, 0.717) is 10.7 Å². The predicted molar refractivity (Wildman–Crippen MR) is 111 cm³/mol. The Balaban J connectivity index is 1.96. The molecule has 0 amide bonds. The van der Waals surface area contributed by atoms with E-state index in [-0.39, 0.29) is 4.90 Å². The number of sulfonamides is 1. The lowest BCUT2D eigenvalue weighted by molar-refractivity contribution is 0.598. The van der Waals surface area contributed by atoms with Crippen molar-refractivity contribution in [1.29, 1.82) is 0 Å². The highest BCUT2D eigenvalue weighted by molar-refractivity contribution is 8.14. The molecule has 0 radical (unpaired) electrons. The van der Waals surface area contributed by atoms with Crippen molar-refractivity contribution < 1.29 is 8.42 Å². The minimum Gasteiger partial charge on any atom is -0.399 e. The van der Waals surface area contributed by atoms with E-state index in [0.717, 1.165) is 16.9 Å². The van der Waals surface area contributed by atoms with Gasteiger partial charge in [0.25, 0.3) is 10.0 Å². The van der Waals surface area contributed by atoms with E-state index >= 15 is 0 Å². The molecule has 0 bridgehead atoms. The van der Waals surface area contributed by atoms with E-state index in [9.17, 15) is 8.42 Å². The number of likely N-dealkylation sites (N-methyl/N-ethyl adjacent to an activating group) is 1. The Hall–Kier alpha value is -2.51. The molecule has 0 aliphatic carbocycles. The number of thioether (sulfide) groups is 1. The Bertz CT molecular complexity index is 1010. The Morgan fingerprint density at radius 1 is 1.12 bits per heavy atom. The standard InChI is InChI=1S/C19H19N3O2S2/c1-22-16(10-7-14-5-3-4-6-18(14)22)13-19(25-2)21-26(23,24)17-11-8-15(20)9-12-17/h3-13H,20H2,1-2H3/b16-13+,21-19-. The highest BCUT2D eigenvalue weighted by atomic mass is 32.2. The molecule has 2 aromatic rings. The van der Waals surface area contributed by atoms with Crippen LogP contribution in [0.2, 0.25) is 0 Å². The summed E-state index contributed by atoms with van der Waals surface area (Å²) in [5.74, 6) is 0. The van der Waals surface area contributed by atoms with Gasteiger partial charge in [-0.2, -0.15) is 12.8 Å². The summed E-state index contributed by atoms with van der Waals surface area (Å²) in [6.07, 6.45) is 7.53. The van der Waals surface area contributed by atoms with Crippen molar-refractivity contribution in [2.75, 3.05) is 23.9 Å². The molecule has 2 N–H and O–H groups in total. The molecule has 2 aromatic carbocycles. The van der Waals surface area contributed by atoms with Crippen molar-refractivity contribution in [3.8, 4) is 0 Å². The van der Waals surface area contributed by atoms with Gasteiger partial charge in [-0.05, 0) is 54.3 Å². The quantitative estimate of drug-likeness (QED) is 0.494. The van der Waals surface area contributed by atoms with Gasteiger partial charge in [-0.15, -0.1) is 11.8 Å². The molecule has 0 aromatic heterocycles. The summed E-state index contributed by atoms with van der Waals surface area (Å²) >= 11 is 1.28. The number of nitrogen functional groups attached to an aromatic ring is 1. The predicted octanol–water partition coefficient (Wildman–Crippen LogP) is 3.77. The zero-order valence-electron chi connectivity index (χ0n) is 14.5. The fraction of sp³-hybridized carbons (Fsp3) is 0.105. The van der Waals surface area contributed by atoms with Gasteiger partial charge in [-0.25, -0.2) is 0 Å². The van der Waals surface area contributed by atoms with Crippen LogP contribution < -0.4 is 10.6 Å². The number of allylic oxidation sites excluding steroid dienone is 1. The zero-order valence-corrected chi connectivity index (χ0v) is 16.1. The fourth-order valence-corrected chi connectivity index (χ4v) is 4.27. The molecule has 26 heavy (non-hydrogen) atoms. The van der Waals surface area contributed by atoms with Gasteiger partial charge in [-0.1, -0.05) is 24.3 Å². The monoisotopic (exact) mass is 385 g/mol. The van der Waals surface area contributed by atoms with Crippen LogP contribution in [0.25, 0.3) is 6.08 Å². The van der Waals surface area contributed by atoms with Crippen LogP contribution in [0.4, 0.5) is 11.4 Å². The van der Waals surface area contributed by atoms with Crippen molar-refractivity contribution >= 4 is 44.3 Å². The van der Waals surface area contributed by atoms with E-state index in [1.807, 2.05) is 48.4 Å². The SMILES string of the molecule is CSC(/C=C1\C=Cc2ccccc2N1C)=N\S(=O)(=O)c1ccc(N)cc1. The van der Waals surface area contributed by atoms with E-state index in [2.05, 4.69) is 4.40 Å². The van der Waals surface area contributed by atoms with Crippen molar-refractivity contribution in [2.45, 2.75) is 4.90 Å². The summed E-state index contributed by atoms with van der Waals surface area (Å²) in [6, 6.07) is 14.0. The molecule has 0 saturated heterocycles. The molecule has 0 spiro atoms. The van der Waals surface area contributed by atoms with Gasteiger partial charge in [0.1, 0.15) is 5.04 Å². The van der Waals surface area contributed by atoms with Crippen LogP contribution in [-0.2, 0) is 10.0 Å². The molecule has 0 atom stereocenters. The summed E-state index contributed by atoms with van der Waals surface area (Å²) in [7, 11) is -1.85. The maximum absolute atomic E-state index is 12.5. The molecule has 1 aliphatic rings. The number of nitrogens with two attached hydrogens (primary N) is 1. The molecule has 134 valence electrons. The molecule has 7 heteroatoms. The largest absolute Gasteiger partial charge is 0.399 e. The van der Waals surface area contributed by atoms with Crippen molar-refractivity contribution in [1.82, 2.24) is 0 Å². The Morgan fingerprint density at radius 2 is 1.81 bits per heavy atom. The van der Waals surface area contributed by atoms with E-state index in [1.54, 1.807) is 24.5 Å². The molecule has 1 aliphatic heterocycles. The first-order chi connectivity index (χ1) is 12.4. The average molecular weight is 386 g/mol. The molecular weight excluding hydrogens is 366 g/mol. The first-order valence-corrected chi connectivity index (χ1v) is 10.5. The van der Waals surface area contributed by atoms with Crippen molar-refractivity contribution in [2.24, 2.45) is 4.40 Å². The Labute approximate surface area is 158 Å². The van der Waals surface area contributed by atoms with E-state index in [1.165, 1.54) is 23.9 Å². The first kappa shape index (κ1) is 18.3. The topological polar surface area (TPSA) is 75.8 Å². The second-order valence-corrected chi connectivity index (χ2v) is 8.13. The average Bonchev–Trinajstić information content (AvgIpc) is 2.63. The Morgan fingerprint density at radius 3 is 2.50 bits per heavy atom. The van der Waals surface area contributed by atoms with Gasteiger partial charge in [0, 0.05) is 24.1 Å². The minimum atomic E-state index is -3.79. The van der Waals surface area contributed by atoms with Crippen molar-refractivity contribution in [3.05, 3.63) is 71.9 Å². The molecule has 0 fully saturated rings. The molecule has 0 saturated carbocycles. The second-order valence-electron chi connectivity index (χ2n) is 5.70. The lowest BCUT2D eigenvalue weighted by Gasteiger charge is -2.26. The third-order valence-electron chi connectivity index (χ3n) is 3.99. The maximum Gasteiger partial charge on any atom is 0.283 e. The van der Waals surface area contributed by atoms with Gasteiger partial charge in [0.2, 0.25) is 0 Å². The normalized spacial score (nSPS) is 16.0. The van der Waals surface area contributed by atoms with Crippen LogP contribution in [0, 0.1) is 0 Å². The smallest absolute Gasteiger partial charge is 0.283 e. The lowest BCUT2D eigenvalue weighted by Crippen LogP contribution is -2.19. The molecule has 0 unspecified atom stereocenters. The van der Waals surface area contributed by atoms with Crippen LogP contribution >= 0.6 is 11.8 Å². The van der Waals surface area contributed by atoms with Crippen molar-refractivity contribution in [3.63, 3.8) is 0 Å². The maximum atomic E-state index is 12.5. The highest BCUT2D eigenvalue weighted by Crippen LogP contribution is 2.29. The summed E-state index contributed by atoms with van der Waals surface area (Å²) in [5, 5.41) is 0.410. The zero-order chi connectivity index (χ0) is 18.7. The summed E-state index contributed by atoms with van der Waals surface area (Å²) in [6.45, 7) is 0. The molecular formula is C19H19N3O2S2. The van der Waals surface area contributed by atoms with Gasteiger partial charge in [0.05, 0.1) is 4.90 Å². The second kappa shape index (κ2) is 7.39. The van der Waals surface area contributed by atoms with Gasteiger partial charge in [0.15, 0.2) is 0 Å². The van der Waals surface area contributed by atoms with Crippen LogP contribution in [0.3, 0.4) is 0 Å².